The van der Waals surface area contributed by atoms with E-state index in [4.69, 9.17) is 5.73 Å². The van der Waals surface area contributed by atoms with Crippen LogP contribution in [0.15, 0.2) is 34.8 Å². The van der Waals surface area contributed by atoms with Gasteiger partial charge in [0.05, 0.1) is 10.0 Å². The number of halogens is 1. The minimum absolute atomic E-state index is 0.179. The normalized spacial score (nSPS) is 17.0. The van der Waals surface area contributed by atoms with Crippen LogP contribution in [0.25, 0.3) is 11.3 Å². The number of aromatic amines is 1. The number of nitrogens with two attached hydrogens (primary N) is 1. The summed E-state index contributed by atoms with van der Waals surface area (Å²) >= 11 is 3.48. The van der Waals surface area contributed by atoms with E-state index in [1.165, 1.54) is 0 Å². The van der Waals surface area contributed by atoms with E-state index in [2.05, 4.69) is 31.4 Å². The molecule has 3 rings (SSSR count). The molecule has 2 aromatic rings. The first-order valence-corrected chi connectivity index (χ1v) is 8.16. The summed E-state index contributed by atoms with van der Waals surface area (Å²) < 4.78 is 0.673. The first-order chi connectivity index (χ1) is 10.5. The van der Waals surface area contributed by atoms with Crippen LogP contribution in [0.2, 0.25) is 0 Å². The quantitative estimate of drug-likeness (QED) is 0.764. The number of carbonyl (C=O) groups is 1. The zero-order valence-electron chi connectivity index (χ0n) is 12.4. The van der Waals surface area contributed by atoms with Crippen molar-refractivity contribution >= 4 is 21.8 Å². The molecule has 0 aliphatic heterocycles. The largest absolute Gasteiger partial charge is 0.344 e. The molecule has 5 nitrogen and oxygen atoms in total. The molecule has 0 bridgehead atoms. The topological polar surface area (TPSA) is 83.8 Å². The molecule has 1 atom stereocenters. The van der Waals surface area contributed by atoms with Gasteiger partial charge >= 0.3 is 0 Å². The Kier molecular flexibility index (Phi) is 4.06. The lowest BCUT2D eigenvalue weighted by Gasteiger charge is -2.29. The number of hydrogen-bond donors (Lipinski definition) is 3. The predicted octanol–water partition coefficient (Wildman–Crippen LogP) is 2.70. The van der Waals surface area contributed by atoms with E-state index in [1.807, 2.05) is 37.3 Å². The number of rotatable bonds is 5. The smallest absolute Gasteiger partial charge is 0.270 e. The summed E-state index contributed by atoms with van der Waals surface area (Å²) in [5.74, 6) is 0.290. The van der Waals surface area contributed by atoms with Gasteiger partial charge in [-0.25, -0.2) is 0 Å². The third-order valence-electron chi connectivity index (χ3n) is 4.28. The summed E-state index contributed by atoms with van der Waals surface area (Å²) in [7, 11) is 0. The number of H-pyrrole nitrogens is 1. The number of nitrogens with one attached hydrogen (secondary N) is 2. The van der Waals surface area contributed by atoms with Gasteiger partial charge in [-0.3, -0.25) is 9.89 Å². The van der Waals surface area contributed by atoms with Crippen LogP contribution in [0.4, 0.5) is 0 Å². The molecule has 0 saturated heterocycles. The fourth-order valence-corrected chi connectivity index (χ4v) is 3.21. The highest BCUT2D eigenvalue weighted by Gasteiger charge is 2.42. The summed E-state index contributed by atoms with van der Waals surface area (Å²) in [6.45, 7) is 2.44. The lowest BCUT2D eigenvalue weighted by molar-refractivity contribution is 0.0892. The minimum Gasteiger partial charge on any atom is -0.344 e. The van der Waals surface area contributed by atoms with Crippen molar-refractivity contribution in [3.05, 3.63) is 40.5 Å². The zero-order valence-corrected chi connectivity index (χ0v) is 14.0. The van der Waals surface area contributed by atoms with Gasteiger partial charge in [-0.15, -0.1) is 0 Å². The van der Waals surface area contributed by atoms with Gasteiger partial charge in [0.25, 0.3) is 5.91 Å². The van der Waals surface area contributed by atoms with Crippen LogP contribution in [0.3, 0.4) is 0 Å². The van der Waals surface area contributed by atoms with Crippen LogP contribution in [0, 0.1) is 5.92 Å². The van der Waals surface area contributed by atoms with Gasteiger partial charge in [-0.1, -0.05) is 30.3 Å². The molecule has 1 heterocycles. The molecule has 1 aromatic carbocycles. The van der Waals surface area contributed by atoms with Crippen molar-refractivity contribution in [2.45, 2.75) is 25.3 Å². The Morgan fingerprint density at radius 3 is 2.73 bits per heavy atom. The van der Waals surface area contributed by atoms with Crippen molar-refractivity contribution in [3.63, 3.8) is 0 Å². The van der Waals surface area contributed by atoms with Crippen LogP contribution < -0.4 is 11.1 Å². The Balaban J connectivity index is 1.84. The maximum Gasteiger partial charge on any atom is 0.270 e. The second-order valence-corrected chi connectivity index (χ2v) is 6.77. The van der Waals surface area contributed by atoms with Crippen LogP contribution in [0.1, 0.15) is 30.3 Å². The van der Waals surface area contributed by atoms with Gasteiger partial charge in [0, 0.05) is 12.1 Å². The number of nitrogens with zero attached hydrogens (tertiary/aromatic N) is 1. The first kappa shape index (κ1) is 15.2. The van der Waals surface area contributed by atoms with Crippen molar-refractivity contribution in [2.24, 2.45) is 11.7 Å². The Hall–Kier alpha value is -1.66. The number of carbonyl (C=O) groups excluding carboxylic acids is 1. The molecular formula is C16H19BrN4O. The van der Waals surface area contributed by atoms with Crippen molar-refractivity contribution in [1.29, 1.82) is 0 Å². The standard InChI is InChI=1S/C16H19BrN4O/c1-16(9-18,11-7-8-11)19-15(22)14-12(17)13(20-21-14)10-5-3-2-4-6-10/h2-6,11H,7-9,18H2,1H3,(H,19,22)(H,20,21). The maximum absolute atomic E-state index is 12.5. The van der Waals surface area contributed by atoms with Gasteiger partial charge in [0.2, 0.25) is 0 Å². The van der Waals surface area contributed by atoms with E-state index < -0.39 is 0 Å². The number of hydrogen-bond acceptors (Lipinski definition) is 3. The highest BCUT2D eigenvalue weighted by Crippen LogP contribution is 2.39. The van der Waals surface area contributed by atoms with Crippen LogP contribution in [-0.2, 0) is 0 Å². The van der Waals surface area contributed by atoms with Crippen molar-refractivity contribution < 1.29 is 4.79 Å². The van der Waals surface area contributed by atoms with Crippen molar-refractivity contribution in [2.75, 3.05) is 6.54 Å². The molecule has 1 amide bonds. The Morgan fingerprint density at radius 2 is 2.14 bits per heavy atom. The van der Waals surface area contributed by atoms with Crippen molar-refractivity contribution in [1.82, 2.24) is 15.5 Å². The van der Waals surface area contributed by atoms with Gasteiger partial charge in [0.1, 0.15) is 11.4 Å². The molecule has 0 spiro atoms. The highest BCUT2D eigenvalue weighted by molar-refractivity contribution is 9.10. The average Bonchev–Trinajstić information content (AvgIpc) is 3.31. The second-order valence-electron chi connectivity index (χ2n) is 5.98. The number of aromatic nitrogens is 2. The summed E-state index contributed by atoms with van der Waals surface area (Å²) in [4.78, 5) is 12.5. The molecule has 1 saturated carbocycles. The highest BCUT2D eigenvalue weighted by atomic mass is 79.9. The monoisotopic (exact) mass is 362 g/mol. The summed E-state index contributed by atoms with van der Waals surface area (Å²) in [6.07, 6.45) is 2.24. The van der Waals surface area contributed by atoms with E-state index in [0.717, 1.165) is 24.1 Å². The van der Waals surface area contributed by atoms with E-state index in [9.17, 15) is 4.79 Å². The SMILES string of the molecule is CC(CN)(NC(=O)c1[nH]nc(-c2ccccc2)c1Br)C1CC1. The first-order valence-electron chi connectivity index (χ1n) is 7.37. The van der Waals surface area contributed by atoms with Gasteiger partial charge in [-0.05, 0) is 41.6 Å². The predicted molar refractivity (Wildman–Crippen MR) is 89.4 cm³/mol. The Labute approximate surface area is 137 Å². The molecule has 1 fully saturated rings. The molecule has 4 N–H and O–H groups in total. The molecule has 6 heteroatoms. The molecule has 1 aromatic heterocycles. The van der Waals surface area contributed by atoms with E-state index in [0.29, 0.717) is 22.6 Å². The van der Waals surface area contributed by atoms with Crippen LogP contribution in [0.5, 0.6) is 0 Å². The van der Waals surface area contributed by atoms with Crippen LogP contribution >= 0.6 is 15.9 Å². The average molecular weight is 363 g/mol. The van der Waals surface area contributed by atoms with Crippen LogP contribution in [-0.4, -0.2) is 28.2 Å². The molecule has 0 radical (unpaired) electrons. The van der Waals surface area contributed by atoms with Gasteiger partial charge in [-0.2, -0.15) is 5.10 Å². The van der Waals surface area contributed by atoms with E-state index >= 15 is 0 Å². The summed E-state index contributed by atoms with van der Waals surface area (Å²) in [5, 5.41) is 10.1. The lowest BCUT2D eigenvalue weighted by atomic mass is 9.96. The van der Waals surface area contributed by atoms with Gasteiger partial charge < -0.3 is 11.1 Å². The molecule has 1 unspecified atom stereocenters. The number of benzene rings is 1. The summed E-state index contributed by atoms with van der Waals surface area (Å²) in [5.41, 5.74) is 7.61. The third-order valence-corrected chi connectivity index (χ3v) is 5.05. The molecule has 22 heavy (non-hydrogen) atoms. The maximum atomic E-state index is 12.5. The molecule has 1 aliphatic rings. The second kappa shape index (κ2) is 5.85. The van der Waals surface area contributed by atoms with E-state index in [1.54, 1.807) is 0 Å². The molecule has 1 aliphatic carbocycles. The van der Waals surface area contributed by atoms with Gasteiger partial charge in [0.15, 0.2) is 0 Å². The Morgan fingerprint density at radius 1 is 1.45 bits per heavy atom. The number of amides is 1. The minimum atomic E-state index is -0.353. The fourth-order valence-electron chi connectivity index (χ4n) is 2.63. The zero-order chi connectivity index (χ0) is 15.7. The summed E-state index contributed by atoms with van der Waals surface area (Å²) in [6, 6.07) is 9.73. The Bertz CT molecular complexity index is 681. The molecular weight excluding hydrogens is 344 g/mol. The lowest BCUT2D eigenvalue weighted by Crippen LogP contribution is -2.53. The third kappa shape index (κ3) is 2.80. The molecule has 116 valence electrons. The van der Waals surface area contributed by atoms with E-state index in [-0.39, 0.29) is 11.4 Å². The van der Waals surface area contributed by atoms with Crippen molar-refractivity contribution in [3.8, 4) is 11.3 Å². The fraction of sp³-hybridized carbons (Fsp3) is 0.375.